The van der Waals surface area contributed by atoms with E-state index in [0.29, 0.717) is 6.61 Å². The van der Waals surface area contributed by atoms with E-state index in [9.17, 15) is 10.2 Å². The molecule has 2 unspecified atom stereocenters. The summed E-state index contributed by atoms with van der Waals surface area (Å²) < 4.78 is 6.24. The molecule has 26 heavy (non-hydrogen) atoms. The largest absolute Gasteiger partial charge is 0.393 e. The predicted octanol–water partition coefficient (Wildman–Crippen LogP) is 2.79. The third kappa shape index (κ3) is 4.09. The normalized spacial score (nSPS) is 29.2. The molecule has 3 rings (SSSR count). The Bertz CT molecular complexity index is 669. The van der Waals surface area contributed by atoms with Crippen LogP contribution < -0.4 is 0 Å². The van der Waals surface area contributed by atoms with E-state index >= 15 is 0 Å². The highest BCUT2D eigenvalue weighted by Crippen LogP contribution is 2.39. The Balaban J connectivity index is 1.62. The fourth-order valence-electron chi connectivity index (χ4n) is 4.06. The van der Waals surface area contributed by atoms with E-state index in [0.717, 1.165) is 32.5 Å². The molecule has 0 spiro atoms. The van der Waals surface area contributed by atoms with Gasteiger partial charge in [0.1, 0.15) is 5.60 Å². The Labute approximate surface area is 156 Å². The maximum absolute atomic E-state index is 10.1. The first kappa shape index (κ1) is 19.3. The lowest BCUT2D eigenvalue weighted by atomic mass is 9.76. The summed E-state index contributed by atoms with van der Waals surface area (Å²) in [5, 5.41) is 19.8. The van der Waals surface area contributed by atoms with Gasteiger partial charge in [0.25, 0.3) is 0 Å². The van der Waals surface area contributed by atoms with Crippen molar-refractivity contribution in [1.82, 2.24) is 4.90 Å². The Morgan fingerprint density at radius 1 is 1.31 bits per heavy atom. The number of β-amino-alcohol motifs (C(OH)–C–C–N with tert-alkyl or cyclic N) is 1. The molecule has 142 valence electrons. The van der Waals surface area contributed by atoms with Crippen LogP contribution in [0.4, 0.5) is 0 Å². The predicted molar refractivity (Wildman–Crippen MR) is 105 cm³/mol. The molecule has 0 aromatic heterocycles. The van der Waals surface area contributed by atoms with Gasteiger partial charge >= 0.3 is 0 Å². The molecule has 2 N–H and O–H groups in total. The molecule has 1 heterocycles. The van der Waals surface area contributed by atoms with Gasteiger partial charge in [0.15, 0.2) is 0 Å². The second-order valence-electron chi connectivity index (χ2n) is 7.58. The van der Waals surface area contributed by atoms with E-state index in [-0.39, 0.29) is 18.6 Å². The maximum atomic E-state index is 10.1. The minimum Gasteiger partial charge on any atom is -0.393 e. The van der Waals surface area contributed by atoms with Crippen LogP contribution in [-0.4, -0.2) is 59.7 Å². The van der Waals surface area contributed by atoms with Gasteiger partial charge in [-0.05, 0) is 42.5 Å². The van der Waals surface area contributed by atoms with E-state index in [1.165, 1.54) is 16.7 Å². The SMILES string of the molecule is Cc1ccccc1C1=CC=CC(CO)(OCCCN2CC[C@@H](O)C2)C1C. The summed E-state index contributed by atoms with van der Waals surface area (Å²) in [6.45, 7) is 7.47. The lowest BCUT2D eigenvalue weighted by molar-refractivity contribution is -0.0679. The molecule has 3 atom stereocenters. The van der Waals surface area contributed by atoms with E-state index in [1.807, 2.05) is 18.2 Å². The monoisotopic (exact) mass is 357 g/mol. The third-order valence-electron chi connectivity index (χ3n) is 5.79. The first-order valence-electron chi connectivity index (χ1n) is 9.66. The van der Waals surface area contributed by atoms with Crippen LogP contribution in [0.1, 0.15) is 30.9 Å². The fourth-order valence-corrected chi connectivity index (χ4v) is 4.06. The summed E-state index contributed by atoms with van der Waals surface area (Å²) in [6, 6.07) is 8.36. The number of benzene rings is 1. The molecular formula is C22H31NO3. The van der Waals surface area contributed by atoms with Crippen LogP contribution in [0.2, 0.25) is 0 Å². The zero-order valence-corrected chi connectivity index (χ0v) is 15.9. The molecule has 0 saturated carbocycles. The Hall–Kier alpha value is -1.46. The summed E-state index contributed by atoms with van der Waals surface area (Å²) >= 11 is 0. The average molecular weight is 357 g/mol. The third-order valence-corrected chi connectivity index (χ3v) is 5.79. The Morgan fingerprint density at radius 2 is 2.12 bits per heavy atom. The smallest absolute Gasteiger partial charge is 0.116 e. The van der Waals surface area contributed by atoms with Crippen LogP contribution in [0.15, 0.2) is 42.5 Å². The molecule has 1 saturated heterocycles. The molecule has 0 amide bonds. The van der Waals surface area contributed by atoms with Crippen LogP contribution in [0, 0.1) is 12.8 Å². The van der Waals surface area contributed by atoms with Gasteiger partial charge < -0.3 is 19.8 Å². The lowest BCUT2D eigenvalue weighted by Gasteiger charge is -2.39. The Kier molecular flexibility index (Phi) is 6.30. The fraction of sp³-hybridized carbons (Fsp3) is 0.545. The van der Waals surface area contributed by atoms with Crippen LogP contribution in [0.3, 0.4) is 0 Å². The summed E-state index contributed by atoms with van der Waals surface area (Å²) in [5.74, 6) is 0.0761. The number of allylic oxidation sites excluding steroid dienone is 2. The molecule has 1 aromatic rings. The molecule has 0 radical (unpaired) electrons. The molecule has 0 bridgehead atoms. The highest BCUT2D eigenvalue weighted by Gasteiger charge is 2.38. The number of hydrogen-bond donors (Lipinski definition) is 2. The number of aryl methyl sites for hydroxylation is 1. The van der Waals surface area contributed by atoms with Gasteiger partial charge in [-0.1, -0.05) is 43.3 Å². The maximum Gasteiger partial charge on any atom is 0.116 e. The van der Waals surface area contributed by atoms with Crippen molar-refractivity contribution in [2.24, 2.45) is 5.92 Å². The second-order valence-corrected chi connectivity index (χ2v) is 7.58. The second kappa shape index (κ2) is 8.49. The number of aliphatic hydroxyl groups is 2. The average Bonchev–Trinajstić information content (AvgIpc) is 3.06. The van der Waals surface area contributed by atoms with Crippen molar-refractivity contribution in [3.8, 4) is 0 Å². The van der Waals surface area contributed by atoms with Gasteiger partial charge in [-0.25, -0.2) is 0 Å². The Morgan fingerprint density at radius 3 is 2.81 bits per heavy atom. The first-order valence-corrected chi connectivity index (χ1v) is 9.66. The minimum atomic E-state index is -0.670. The van der Waals surface area contributed by atoms with Gasteiger partial charge in [-0.3, -0.25) is 0 Å². The molecule has 2 aliphatic rings. The molecule has 1 aliphatic carbocycles. The zero-order chi connectivity index (χ0) is 18.6. The van der Waals surface area contributed by atoms with Gasteiger partial charge in [0, 0.05) is 32.2 Å². The van der Waals surface area contributed by atoms with Crippen molar-refractivity contribution in [1.29, 1.82) is 0 Å². The van der Waals surface area contributed by atoms with Crippen molar-refractivity contribution in [2.75, 3.05) is 32.8 Å². The van der Waals surface area contributed by atoms with Crippen molar-refractivity contribution in [3.05, 3.63) is 53.6 Å². The molecular weight excluding hydrogens is 326 g/mol. The van der Waals surface area contributed by atoms with Crippen molar-refractivity contribution in [2.45, 2.75) is 38.4 Å². The van der Waals surface area contributed by atoms with Crippen LogP contribution in [0.5, 0.6) is 0 Å². The van der Waals surface area contributed by atoms with E-state index in [1.54, 1.807) is 0 Å². The number of rotatable bonds is 7. The van der Waals surface area contributed by atoms with Crippen molar-refractivity contribution < 1.29 is 14.9 Å². The number of hydrogen-bond acceptors (Lipinski definition) is 4. The molecule has 1 aromatic carbocycles. The van der Waals surface area contributed by atoms with E-state index in [2.05, 4.69) is 43.0 Å². The zero-order valence-electron chi connectivity index (χ0n) is 15.9. The quantitative estimate of drug-likeness (QED) is 0.737. The molecule has 4 nitrogen and oxygen atoms in total. The van der Waals surface area contributed by atoms with Crippen LogP contribution in [-0.2, 0) is 4.74 Å². The van der Waals surface area contributed by atoms with Gasteiger partial charge in [-0.2, -0.15) is 0 Å². The van der Waals surface area contributed by atoms with Crippen LogP contribution in [0.25, 0.3) is 5.57 Å². The van der Waals surface area contributed by atoms with Gasteiger partial charge in [-0.15, -0.1) is 0 Å². The standard InChI is InChI=1S/C22H31NO3/c1-17-7-3-4-8-20(17)21-9-5-11-22(16-24,18(21)2)26-14-6-12-23-13-10-19(25)15-23/h3-5,7-9,11,18-19,24-25H,6,10,12-16H2,1-2H3/t18?,19-,22?/m1/s1. The highest BCUT2D eigenvalue weighted by molar-refractivity contribution is 5.73. The summed E-state index contributed by atoms with van der Waals surface area (Å²) in [6.07, 6.45) is 7.73. The molecule has 4 heteroatoms. The summed E-state index contributed by atoms with van der Waals surface area (Å²) in [4.78, 5) is 2.28. The molecule has 1 aliphatic heterocycles. The molecule has 1 fully saturated rings. The van der Waals surface area contributed by atoms with Gasteiger partial charge in [0.2, 0.25) is 0 Å². The topological polar surface area (TPSA) is 52.9 Å². The highest BCUT2D eigenvalue weighted by atomic mass is 16.5. The number of ether oxygens (including phenoxy) is 1. The summed E-state index contributed by atoms with van der Waals surface area (Å²) in [5.41, 5.74) is 3.00. The van der Waals surface area contributed by atoms with Crippen molar-refractivity contribution >= 4 is 5.57 Å². The summed E-state index contributed by atoms with van der Waals surface area (Å²) in [7, 11) is 0. The minimum absolute atomic E-state index is 0.0314. The lowest BCUT2D eigenvalue weighted by Crippen LogP contribution is -2.43. The number of nitrogens with zero attached hydrogens (tertiary/aromatic N) is 1. The number of likely N-dealkylation sites (tertiary alicyclic amines) is 1. The number of aliphatic hydroxyl groups excluding tert-OH is 2. The first-order chi connectivity index (χ1) is 12.6. The van der Waals surface area contributed by atoms with E-state index < -0.39 is 5.60 Å². The van der Waals surface area contributed by atoms with Crippen LogP contribution >= 0.6 is 0 Å². The van der Waals surface area contributed by atoms with Crippen molar-refractivity contribution in [3.63, 3.8) is 0 Å². The van der Waals surface area contributed by atoms with E-state index in [4.69, 9.17) is 4.74 Å². The van der Waals surface area contributed by atoms with Gasteiger partial charge in [0.05, 0.1) is 12.7 Å².